The molecule has 0 N–H and O–H groups in total. The van der Waals surface area contributed by atoms with E-state index in [-0.39, 0.29) is 11.9 Å². The summed E-state index contributed by atoms with van der Waals surface area (Å²) in [6.07, 6.45) is 8.04. The Morgan fingerprint density at radius 3 is 2.63 bits per heavy atom. The summed E-state index contributed by atoms with van der Waals surface area (Å²) in [5, 5.41) is 8.23. The molecule has 0 fully saturated rings. The Labute approximate surface area is 157 Å². The van der Waals surface area contributed by atoms with Gasteiger partial charge >= 0.3 is 0 Å². The van der Waals surface area contributed by atoms with Crippen LogP contribution >= 0.6 is 0 Å². The highest BCUT2D eigenvalue weighted by Gasteiger charge is 2.24. The van der Waals surface area contributed by atoms with E-state index in [9.17, 15) is 4.79 Å². The minimum atomic E-state index is -0.149. The smallest absolute Gasteiger partial charge is 0.258 e. The molecule has 140 valence electrons. The molecule has 0 aliphatic carbocycles. The second kappa shape index (κ2) is 8.39. The predicted molar refractivity (Wildman–Crippen MR) is 99.8 cm³/mol. The van der Waals surface area contributed by atoms with Crippen molar-refractivity contribution in [2.45, 2.75) is 26.8 Å². The molecule has 0 spiro atoms. The zero-order valence-electron chi connectivity index (χ0n) is 15.6. The van der Waals surface area contributed by atoms with Crippen LogP contribution in [-0.4, -0.2) is 55.0 Å². The minimum Gasteiger partial charge on any atom is -0.475 e. The fraction of sp³-hybridized carbons (Fsp3) is 0.316. The number of nitrogens with zero attached hydrogens (tertiary/aromatic N) is 6. The van der Waals surface area contributed by atoms with Gasteiger partial charge in [0.2, 0.25) is 5.88 Å². The van der Waals surface area contributed by atoms with Crippen molar-refractivity contribution in [3.8, 4) is 11.6 Å². The number of hydrogen-bond acceptors (Lipinski definition) is 6. The summed E-state index contributed by atoms with van der Waals surface area (Å²) in [6.45, 7) is 6.71. The molecule has 3 aromatic heterocycles. The number of amides is 1. The average Bonchev–Trinajstić information content (AvgIpc) is 3.22. The standard InChI is InChI=1S/C19H22N6O2/c1-4-24(15(3)13-27-18-6-5-14(2)11-21-18)19(26)16-12-20-8-7-17(16)25-22-9-10-23-25/h5-12,15H,4,13H2,1-3H3/t15-/m0/s1. The Bertz CT molecular complexity index is 879. The number of likely N-dealkylation sites (N-methyl/N-ethyl adjacent to an activating group) is 1. The normalized spacial score (nSPS) is 11.8. The quantitative estimate of drug-likeness (QED) is 0.638. The van der Waals surface area contributed by atoms with Gasteiger partial charge in [0.15, 0.2) is 0 Å². The number of aryl methyl sites for hydroxylation is 1. The molecule has 3 aromatic rings. The van der Waals surface area contributed by atoms with E-state index in [0.717, 1.165) is 5.56 Å². The van der Waals surface area contributed by atoms with Crippen molar-refractivity contribution >= 4 is 5.91 Å². The van der Waals surface area contributed by atoms with Crippen molar-refractivity contribution < 1.29 is 9.53 Å². The molecule has 3 rings (SSSR count). The SMILES string of the molecule is CCN(C(=O)c1cnccc1-n1nccn1)[C@@H](C)COc1ccc(C)cn1. The highest BCUT2D eigenvalue weighted by molar-refractivity contribution is 5.97. The topological polar surface area (TPSA) is 86.0 Å². The lowest BCUT2D eigenvalue weighted by Gasteiger charge is -2.28. The van der Waals surface area contributed by atoms with E-state index in [1.807, 2.05) is 32.9 Å². The Balaban J connectivity index is 1.75. The molecule has 8 nitrogen and oxygen atoms in total. The van der Waals surface area contributed by atoms with Crippen LogP contribution in [0.5, 0.6) is 5.88 Å². The first-order chi connectivity index (χ1) is 13.1. The van der Waals surface area contributed by atoms with E-state index >= 15 is 0 Å². The maximum atomic E-state index is 13.1. The van der Waals surface area contributed by atoms with Gasteiger partial charge in [0.05, 0.1) is 24.0 Å². The van der Waals surface area contributed by atoms with Crippen LogP contribution in [0.2, 0.25) is 0 Å². The number of carbonyl (C=O) groups excluding carboxylic acids is 1. The molecule has 0 saturated carbocycles. The number of aromatic nitrogens is 5. The molecule has 0 aromatic carbocycles. The summed E-state index contributed by atoms with van der Waals surface area (Å²) < 4.78 is 5.74. The van der Waals surface area contributed by atoms with Crippen LogP contribution < -0.4 is 4.74 Å². The summed E-state index contributed by atoms with van der Waals surface area (Å²) in [4.78, 5) is 24.6. The lowest BCUT2D eigenvalue weighted by atomic mass is 10.1. The van der Waals surface area contributed by atoms with E-state index < -0.39 is 0 Å². The molecule has 27 heavy (non-hydrogen) atoms. The van der Waals surface area contributed by atoms with Crippen molar-refractivity contribution in [1.82, 2.24) is 29.9 Å². The molecular formula is C19H22N6O2. The molecule has 0 bridgehead atoms. The zero-order valence-corrected chi connectivity index (χ0v) is 15.6. The summed E-state index contributed by atoms with van der Waals surface area (Å²) in [5.41, 5.74) is 2.10. The van der Waals surface area contributed by atoms with Crippen LogP contribution in [-0.2, 0) is 0 Å². The largest absolute Gasteiger partial charge is 0.475 e. The molecule has 8 heteroatoms. The van der Waals surface area contributed by atoms with Crippen molar-refractivity contribution in [1.29, 1.82) is 0 Å². The van der Waals surface area contributed by atoms with Crippen LogP contribution in [0.25, 0.3) is 5.69 Å². The van der Waals surface area contributed by atoms with Crippen LogP contribution in [0.4, 0.5) is 0 Å². The van der Waals surface area contributed by atoms with Crippen LogP contribution in [0.1, 0.15) is 29.8 Å². The van der Waals surface area contributed by atoms with Gasteiger partial charge in [-0.3, -0.25) is 9.78 Å². The van der Waals surface area contributed by atoms with Gasteiger partial charge in [0.1, 0.15) is 12.3 Å². The fourth-order valence-corrected chi connectivity index (χ4v) is 2.71. The second-order valence-corrected chi connectivity index (χ2v) is 6.14. The van der Waals surface area contributed by atoms with Gasteiger partial charge in [-0.1, -0.05) is 6.07 Å². The highest BCUT2D eigenvalue weighted by Crippen LogP contribution is 2.16. The second-order valence-electron chi connectivity index (χ2n) is 6.14. The van der Waals surface area contributed by atoms with Crippen LogP contribution in [0.15, 0.2) is 49.2 Å². The van der Waals surface area contributed by atoms with Gasteiger partial charge < -0.3 is 9.64 Å². The third-order valence-corrected chi connectivity index (χ3v) is 4.15. The van der Waals surface area contributed by atoms with Crippen molar-refractivity contribution in [3.63, 3.8) is 0 Å². The number of pyridine rings is 2. The lowest BCUT2D eigenvalue weighted by Crippen LogP contribution is -2.42. The Morgan fingerprint density at radius 2 is 1.96 bits per heavy atom. The van der Waals surface area contributed by atoms with Gasteiger partial charge in [-0.25, -0.2) is 4.98 Å². The van der Waals surface area contributed by atoms with E-state index in [4.69, 9.17) is 4.74 Å². The van der Waals surface area contributed by atoms with E-state index in [0.29, 0.717) is 30.3 Å². The number of rotatable bonds is 7. The van der Waals surface area contributed by atoms with Crippen molar-refractivity contribution in [3.05, 3.63) is 60.3 Å². The Morgan fingerprint density at radius 1 is 1.19 bits per heavy atom. The molecule has 3 heterocycles. The van der Waals surface area contributed by atoms with Crippen molar-refractivity contribution in [2.24, 2.45) is 0 Å². The third kappa shape index (κ3) is 4.28. The molecule has 0 aliphatic rings. The van der Waals surface area contributed by atoms with Crippen molar-refractivity contribution in [2.75, 3.05) is 13.2 Å². The molecule has 1 amide bonds. The van der Waals surface area contributed by atoms with Gasteiger partial charge in [-0.05, 0) is 32.4 Å². The van der Waals surface area contributed by atoms with Gasteiger partial charge in [-0.15, -0.1) is 0 Å². The minimum absolute atomic E-state index is 0.147. The molecule has 0 saturated heterocycles. The number of hydrogen-bond donors (Lipinski definition) is 0. The third-order valence-electron chi connectivity index (χ3n) is 4.15. The molecule has 0 unspecified atom stereocenters. The lowest BCUT2D eigenvalue weighted by molar-refractivity contribution is 0.0645. The predicted octanol–water partition coefficient (Wildman–Crippen LogP) is 2.30. The first-order valence-corrected chi connectivity index (χ1v) is 8.77. The number of ether oxygens (including phenoxy) is 1. The van der Waals surface area contributed by atoms with Gasteiger partial charge in [0.25, 0.3) is 5.91 Å². The molecule has 0 radical (unpaired) electrons. The van der Waals surface area contributed by atoms with E-state index in [1.165, 1.54) is 4.80 Å². The molecule has 1 atom stereocenters. The maximum Gasteiger partial charge on any atom is 0.258 e. The first kappa shape index (κ1) is 18.5. The zero-order chi connectivity index (χ0) is 19.2. The first-order valence-electron chi connectivity index (χ1n) is 8.77. The molecular weight excluding hydrogens is 344 g/mol. The highest BCUT2D eigenvalue weighted by atomic mass is 16.5. The van der Waals surface area contributed by atoms with Gasteiger partial charge in [-0.2, -0.15) is 15.0 Å². The monoisotopic (exact) mass is 366 g/mol. The average molecular weight is 366 g/mol. The number of carbonyl (C=O) groups is 1. The van der Waals surface area contributed by atoms with E-state index in [2.05, 4.69) is 20.2 Å². The Hall–Kier alpha value is -3.29. The van der Waals surface area contributed by atoms with Crippen LogP contribution in [0, 0.1) is 6.92 Å². The van der Waals surface area contributed by atoms with Gasteiger partial charge in [0, 0.05) is 31.2 Å². The molecule has 0 aliphatic heterocycles. The van der Waals surface area contributed by atoms with E-state index in [1.54, 1.807) is 42.0 Å². The fourth-order valence-electron chi connectivity index (χ4n) is 2.71. The summed E-state index contributed by atoms with van der Waals surface area (Å²) in [7, 11) is 0. The summed E-state index contributed by atoms with van der Waals surface area (Å²) in [5.74, 6) is 0.393. The van der Waals surface area contributed by atoms with Crippen LogP contribution in [0.3, 0.4) is 0 Å². The summed E-state index contributed by atoms with van der Waals surface area (Å²) >= 11 is 0. The Kier molecular flexibility index (Phi) is 5.75. The summed E-state index contributed by atoms with van der Waals surface area (Å²) in [6, 6.07) is 5.33. The maximum absolute atomic E-state index is 13.1.